The Morgan fingerprint density at radius 2 is 1.94 bits per heavy atom. The Labute approximate surface area is 96.6 Å². The first-order valence-electron chi connectivity index (χ1n) is 5.87. The Morgan fingerprint density at radius 1 is 1.25 bits per heavy atom. The molecule has 0 aliphatic heterocycles. The molecule has 0 unspecified atom stereocenters. The molecule has 0 bridgehead atoms. The molecule has 2 nitrogen and oxygen atoms in total. The van der Waals surface area contributed by atoms with Crippen molar-refractivity contribution in [1.82, 2.24) is 0 Å². The second-order valence-electron chi connectivity index (χ2n) is 4.75. The molecule has 1 aliphatic rings. The summed E-state index contributed by atoms with van der Waals surface area (Å²) >= 11 is 0. The largest absolute Gasteiger partial charge is 0.426 e. The molecule has 0 radical (unpaired) electrons. The number of hydrogen-bond acceptors (Lipinski definition) is 2. The fourth-order valence-electron chi connectivity index (χ4n) is 1.94. The quantitative estimate of drug-likeness (QED) is 0.562. The second kappa shape index (κ2) is 4.28. The van der Waals surface area contributed by atoms with Crippen LogP contribution in [0, 0.1) is 26.7 Å². The number of carbonyl (C=O) groups excluding carboxylic acids is 1. The van der Waals surface area contributed by atoms with Crippen molar-refractivity contribution in [1.29, 1.82) is 0 Å². The Kier molecular flexibility index (Phi) is 2.99. The van der Waals surface area contributed by atoms with Gasteiger partial charge in [0.25, 0.3) is 0 Å². The second-order valence-corrected chi connectivity index (χ2v) is 4.75. The van der Waals surface area contributed by atoms with E-state index in [-0.39, 0.29) is 11.9 Å². The van der Waals surface area contributed by atoms with Crippen molar-refractivity contribution in [2.45, 2.75) is 40.0 Å². The molecule has 1 aromatic carbocycles. The lowest BCUT2D eigenvalue weighted by molar-refractivity contribution is -0.141. The van der Waals surface area contributed by atoms with E-state index >= 15 is 0 Å². The van der Waals surface area contributed by atoms with Crippen LogP contribution in [-0.2, 0) is 4.79 Å². The third kappa shape index (κ3) is 2.11. The molecule has 2 heteroatoms. The number of esters is 1. The van der Waals surface area contributed by atoms with Crippen LogP contribution in [0.1, 0.15) is 36.0 Å². The summed E-state index contributed by atoms with van der Waals surface area (Å²) in [7, 11) is 0. The van der Waals surface area contributed by atoms with Crippen molar-refractivity contribution in [3.05, 3.63) is 28.8 Å². The van der Waals surface area contributed by atoms with E-state index in [1.165, 1.54) is 5.56 Å². The van der Waals surface area contributed by atoms with Gasteiger partial charge in [0, 0.05) is 0 Å². The first-order valence-corrected chi connectivity index (χ1v) is 5.87. The lowest BCUT2D eigenvalue weighted by Gasteiger charge is -2.23. The van der Waals surface area contributed by atoms with Crippen LogP contribution >= 0.6 is 0 Å². The number of benzene rings is 1. The molecule has 0 N–H and O–H groups in total. The van der Waals surface area contributed by atoms with E-state index in [4.69, 9.17) is 4.74 Å². The van der Waals surface area contributed by atoms with Crippen LogP contribution in [0.2, 0.25) is 0 Å². The Bertz CT molecular complexity index is 417. The third-order valence-electron chi connectivity index (χ3n) is 3.41. The number of hydrogen-bond donors (Lipinski definition) is 0. The van der Waals surface area contributed by atoms with E-state index in [1.54, 1.807) is 0 Å². The van der Waals surface area contributed by atoms with E-state index in [9.17, 15) is 4.79 Å². The van der Waals surface area contributed by atoms with Gasteiger partial charge in [0.1, 0.15) is 5.75 Å². The SMILES string of the molecule is Cc1cc(C)c(C)c(OC(=O)C2CCC2)c1. The normalized spacial score (nSPS) is 15.7. The van der Waals surface area contributed by atoms with E-state index in [0.29, 0.717) is 0 Å². The van der Waals surface area contributed by atoms with Gasteiger partial charge in [-0.25, -0.2) is 0 Å². The highest BCUT2D eigenvalue weighted by molar-refractivity contribution is 5.76. The van der Waals surface area contributed by atoms with Gasteiger partial charge in [-0.15, -0.1) is 0 Å². The highest BCUT2D eigenvalue weighted by Crippen LogP contribution is 2.30. The molecule has 86 valence electrons. The van der Waals surface area contributed by atoms with Gasteiger partial charge in [-0.2, -0.15) is 0 Å². The summed E-state index contributed by atoms with van der Waals surface area (Å²) in [4.78, 5) is 11.7. The summed E-state index contributed by atoms with van der Waals surface area (Å²) in [5.41, 5.74) is 3.38. The molecule has 1 aliphatic carbocycles. The van der Waals surface area contributed by atoms with Gasteiger partial charge in [0.05, 0.1) is 5.92 Å². The summed E-state index contributed by atoms with van der Waals surface area (Å²) in [6, 6.07) is 4.05. The number of carbonyl (C=O) groups is 1. The van der Waals surface area contributed by atoms with Crippen LogP contribution < -0.4 is 4.74 Å². The topological polar surface area (TPSA) is 26.3 Å². The van der Waals surface area contributed by atoms with Crippen LogP contribution in [-0.4, -0.2) is 5.97 Å². The van der Waals surface area contributed by atoms with Crippen molar-refractivity contribution in [2.24, 2.45) is 5.92 Å². The van der Waals surface area contributed by atoms with E-state index in [2.05, 4.69) is 6.07 Å². The molecule has 1 fully saturated rings. The van der Waals surface area contributed by atoms with Crippen molar-refractivity contribution >= 4 is 5.97 Å². The maximum atomic E-state index is 11.7. The molecular formula is C14H18O2. The molecule has 0 aromatic heterocycles. The zero-order valence-corrected chi connectivity index (χ0v) is 10.2. The lowest BCUT2D eigenvalue weighted by atomic mass is 9.86. The van der Waals surface area contributed by atoms with Gasteiger partial charge in [0.15, 0.2) is 0 Å². The van der Waals surface area contributed by atoms with E-state index < -0.39 is 0 Å². The highest BCUT2D eigenvalue weighted by Gasteiger charge is 2.27. The first-order chi connectivity index (χ1) is 7.58. The fraction of sp³-hybridized carbons (Fsp3) is 0.500. The summed E-state index contributed by atoms with van der Waals surface area (Å²) in [5, 5.41) is 0. The molecule has 1 aromatic rings. The molecule has 1 saturated carbocycles. The number of rotatable bonds is 2. The zero-order valence-electron chi connectivity index (χ0n) is 10.2. The molecule has 0 amide bonds. The number of ether oxygens (including phenoxy) is 1. The van der Waals surface area contributed by atoms with Crippen LogP contribution in [0.15, 0.2) is 12.1 Å². The summed E-state index contributed by atoms with van der Waals surface area (Å²) < 4.78 is 5.47. The monoisotopic (exact) mass is 218 g/mol. The van der Waals surface area contributed by atoms with Crippen LogP contribution in [0.25, 0.3) is 0 Å². The summed E-state index contributed by atoms with van der Waals surface area (Å²) in [6.07, 6.45) is 3.14. The maximum Gasteiger partial charge on any atom is 0.314 e. The smallest absolute Gasteiger partial charge is 0.314 e. The predicted molar refractivity (Wildman–Crippen MR) is 63.6 cm³/mol. The number of aryl methyl sites for hydroxylation is 2. The molecule has 0 heterocycles. The van der Waals surface area contributed by atoms with E-state index in [1.807, 2.05) is 26.8 Å². The standard InChI is InChI=1S/C14H18O2/c1-9-7-10(2)11(3)13(8-9)16-14(15)12-5-4-6-12/h7-8,12H,4-6H2,1-3H3. The zero-order chi connectivity index (χ0) is 11.7. The molecular weight excluding hydrogens is 200 g/mol. The Hall–Kier alpha value is -1.31. The van der Waals surface area contributed by atoms with Crippen LogP contribution in [0.3, 0.4) is 0 Å². The lowest BCUT2D eigenvalue weighted by Crippen LogP contribution is -2.26. The Balaban J connectivity index is 2.17. The van der Waals surface area contributed by atoms with Gasteiger partial charge in [-0.3, -0.25) is 4.79 Å². The average molecular weight is 218 g/mol. The van der Waals surface area contributed by atoms with Gasteiger partial charge in [-0.05, 0) is 56.4 Å². The summed E-state index contributed by atoms with van der Waals surface area (Å²) in [5.74, 6) is 0.814. The van der Waals surface area contributed by atoms with Crippen LogP contribution in [0.5, 0.6) is 5.75 Å². The molecule has 0 spiro atoms. The van der Waals surface area contributed by atoms with Crippen molar-refractivity contribution in [3.8, 4) is 5.75 Å². The van der Waals surface area contributed by atoms with Gasteiger partial charge in [-0.1, -0.05) is 12.5 Å². The van der Waals surface area contributed by atoms with Crippen LogP contribution in [0.4, 0.5) is 0 Å². The highest BCUT2D eigenvalue weighted by atomic mass is 16.5. The van der Waals surface area contributed by atoms with Gasteiger partial charge >= 0.3 is 5.97 Å². The van der Waals surface area contributed by atoms with E-state index in [0.717, 1.165) is 36.1 Å². The Morgan fingerprint density at radius 3 is 2.50 bits per heavy atom. The average Bonchev–Trinajstić information content (AvgIpc) is 2.10. The van der Waals surface area contributed by atoms with Crippen molar-refractivity contribution in [3.63, 3.8) is 0 Å². The molecule has 0 saturated heterocycles. The fourth-order valence-corrected chi connectivity index (χ4v) is 1.94. The molecule has 16 heavy (non-hydrogen) atoms. The maximum absolute atomic E-state index is 11.7. The summed E-state index contributed by atoms with van der Waals surface area (Å²) in [6.45, 7) is 6.06. The molecule has 2 rings (SSSR count). The minimum Gasteiger partial charge on any atom is -0.426 e. The van der Waals surface area contributed by atoms with Gasteiger partial charge < -0.3 is 4.74 Å². The van der Waals surface area contributed by atoms with Crippen molar-refractivity contribution in [2.75, 3.05) is 0 Å². The predicted octanol–water partition coefficient (Wildman–Crippen LogP) is 3.32. The minimum absolute atomic E-state index is 0.0562. The third-order valence-corrected chi connectivity index (χ3v) is 3.41. The first kappa shape index (κ1) is 11.2. The molecule has 0 atom stereocenters. The van der Waals surface area contributed by atoms with Crippen molar-refractivity contribution < 1.29 is 9.53 Å². The minimum atomic E-state index is -0.0562. The van der Waals surface area contributed by atoms with Gasteiger partial charge in [0.2, 0.25) is 0 Å².